The first kappa shape index (κ1) is 24.1. The van der Waals surface area contributed by atoms with Crippen molar-refractivity contribution in [2.75, 3.05) is 7.11 Å². The zero-order valence-corrected chi connectivity index (χ0v) is 19.0. The summed E-state index contributed by atoms with van der Waals surface area (Å²) in [5.74, 6) is -1.62. The average molecular weight is 481 g/mol. The third-order valence-corrected chi connectivity index (χ3v) is 5.90. The van der Waals surface area contributed by atoms with Gasteiger partial charge in [0.25, 0.3) is 11.7 Å². The second kappa shape index (κ2) is 9.29. The third-order valence-electron chi connectivity index (χ3n) is 5.90. The molecule has 1 unspecified atom stereocenters. The molecule has 1 saturated heterocycles. The molecule has 1 atom stereocenters. The van der Waals surface area contributed by atoms with E-state index in [9.17, 15) is 27.9 Å². The first-order valence-corrected chi connectivity index (χ1v) is 10.8. The monoisotopic (exact) mass is 481 g/mol. The Bertz CT molecular complexity index is 1300. The number of carbonyl (C=O) groups excluding carboxylic acids is 2. The molecule has 0 aromatic heterocycles. The van der Waals surface area contributed by atoms with E-state index < -0.39 is 29.5 Å². The highest BCUT2D eigenvalue weighted by molar-refractivity contribution is 6.46. The highest BCUT2D eigenvalue weighted by Crippen LogP contribution is 2.41. The SMILES string of the molecule is COc1ccc(C2/C(=C(\O)c3ccc(C)cc3)C(=O)C(=O)N2Cc2cccc(C(F)(F)F)c2)cc1. The van der Waals surface area contributed by atoms with Crippen LogP contribution in [0.2, 0.25) is 0 Å². The Labute approximate surface area is 200 Å². The molecule has 5 nitrogen and oxygen atoms in total. The van der Waals surface area contributed by atoms with E-state index in [1.54, 1.807) is 48.5 Å². The molecular formula is C27H22F3NO4. The van der Waals surface area contributed by atoms with E-state index in [4.69, 9.17) is 4.74 Å². The lowest BCUT2D eigenvalue weighted by molar-refractivity contribution is -0.140. The number of ketones is 1. The van der Waals surface area contributed by atoms with Crippen molar-refractivity contribution in [2.45, 2.75) is 25.7 Å². The standard InChI is InChI=1S/C27H22F3NO4/c1-16-6-8-19(9-7-16)24(32)22-23(18-10-12-21(35-2)13-11-18)31(26(34)25(22)33)15-17-4-3-5-20(14-17)27(28,29)30/h3-14,23,32H,15H2,1-2H3/b24-22+. The number of likely N-dealkylation sites (tertiary alicyclic amines) is 1. The topological polar surface area (TPSA) is 66.8 Å². The summed E-state index contributed by atoms with van der Waals surface area (Å²) < 4.78 is 44.9. The van der Waals surface area contributed by atoms with Crippen LogP contribution in [0.15, 0.2) is 78.4 Å². The Morgan fingerprint density at radius 2 is 1.66 bits per heavy atom. The minimum absolute atomic E-state index is 0.129. The van der Waals surface area contributed by atoms with Crippen LogP contribution in [-0.2, 0) is 22.3 Å². The molecule has 1 N–H and O–H groups in total. The zero-order chi connectivity index (χ0) is 25.3. The van der Waals surface area contributed by atoms with Crippen LogP contribution in [0.3, 0.4) is 0 Å². The number of amides is 1. The Kier molecular flexibility index (Phi) is 6.39. The van der Waals surface area contributed by atoms with E-state index in [2.05, 4.69) is 0 Å². The van der Waals surface area contributed by atoms with Gasteiger partial charge in [0.05, 0.1) is 24.3 Å². The molecule has 0 saturated carbocycles. The molecule has 1 aliphatic rings. The van der Waals surface area contributed by atoms with E-state index >= 15 is 0 Å². The summed E-state index contributed by atoms with van der Waals surface area (Å²) in [7, 11) is 1.49. The van der Waals surface area contributed by atoms with Gasteiger partial charge in [-0.3, -0.25) is 9.59 Å². The summed E-state index contributed by atoms with van der Waals surface area (Å²) in [6.07, 6.45) is -4.55. The van der Waals surface area contributed by atoms with Crippen LogP contribution in [0, 0.1) is 6.92 Å². The molecule has 3 aromatic rings. The molecule has 0 bridgehead atoms. The molecule has 0 radical (unpaired) electrons. The van der Waals surface area contributed by atoms with Crippen molar-refractivity contribution in [3.8, 4) is 5.75 Å². The Morgan fingerprint density at radius 3 is 2.26 bits per heavy atom. The summed E-state index contributed by atoms with van der Waals surface area (Å²) in [6.45, 7) is 1.62. The predicted octanol–water partition coefficient (Wildman–Crippen LogP) is 5.64. The fourth-order valence-corrected chi connectivity index (χ4v) is 4.09. The first-order chi connectivity index (χ1) is 16.6. The molecule has 1 fully saturated rings. The molecule has 0 aliphatic carbocycles. The van der Waals surface area contributed by atoms with E-state index in [0.29, 0.717) is 16.9 Å². The molecule has 4 rings (SSSR count). The summed E-state index contributed by atoms with van der Waals surface area (Å²) in [6, 6.07) is 17.0. The van der Waals surface area contributed by atoms with E-state index in [-0.39, 0.29) is 23.4 Å². The number of hydrogen-bond acceptors (Lipinski definition) is 4. The van der Waals surface area contributed by atoms with Crippen LogP contribution >= 0.6 is 0 Å². The maximum absolute atomic E-state index is 13.2. The summed E-state index contributed by atoms with van der Waals surface area (Å²) in [5.41, 5.74) is 1.02. The molecule has 1 amide bonds. The van der Waals surface area contributed by atoms with Crippen molar-refractivity contribution in [1.82, 2.24) is 4.90 Å². The van der Waals surface area contributed by atoms with Crippen molar-refractivity contribution in [3.05, 3.63) is 106 Å². The normalized spacial score (nSPS) is 17.6. The van der Waals surface area contributed by atoms with Gasteiger partial charge in [0.2, 0.25) is 0 Å². The number of carbonyl (C=O) groups is 2. The lowest BCUT2D eigenvalue weighted by atomic mass is 9.95. The molecule has 35 heavy (non-hydrogen) atoms. The first-order valence-electron chi connectivity index (χ1n) is 10.8. The summed E-state index contributed by atoms with van der Waals surface area (Å²) in [4.78, 5) is 27.4. The van der Waals surface area contributed by atoms with Crippen molar-refractivity contribution in [2.24, 2.45) is 0 Å². The Balaban J connectivity index is 1.83. The fraction of sp³-hybridized carbons (Fsp3) is 0.185. The lowest BCUT2D eigenvalue weighted by Crippen LogP contribution is -2.29. The maximum Gasteiger partial charge on any atom is 0.416 e. The summed E-state index contributed by atoms with van der Waals surface area (Å²) in [5, 5.41) is 11.1. The minimum Gasteiger partial charge on any atom is -0.507 e. The number of ether oxygens (including phenoxy) is 1. The van der Waals surface area contributed by atoms with Crippen LogP contribution in [0.5, 0.6) is 5.75 Å². The van der Waals surface area contributed by atoms with E-state index in [1.165, 1.54) is 24.1 Å². The molecule has 3 aromatic carbocycles. The van der Waals surface area contributed by atoms with Gasteiger partial charge in [-0.15, -0.1) is 0 Å². The van der Waals surface area contributed by atoms with Gasteiger partial charge in [0.15, 0.2) is 0 Å². The number of halogens is 3. The maximum atomic E-state index is 13.2. The van der Waals surface area contributed by atoms with Gasteiger partial charge in [-0.2, -0.15) is 13.2 Å². The number of rotatable bonds is 5. The third kappa shape index (κ3) is 4.77. The number of Topliss-reactive ketones (excluding diaryl/α,β-unsaturated/α-hetero) is 1. The second-order valence-corrected chi connectivity index (χ2v) is 8.26. The number of benzene rings is 3. The molecule has 180 valence electrons. The van der Waals surface area contributed by atoms with Gasteiger partial charge in [-0.1, -0.05) is 54.1 Å². The Hall–Kier alpha value is -4.07. The van der Waals surface area contributed by atoms with E-state index in [1.807, 2.05) is 6.92 Å². The second-order valence-electron chi connectivity index (χ2n) is 8.26. The van der Waals surface area contributed by atoms with Crippen molar-refractivity contribution < 1.29 is 32.6 Å². The zero-order valence-electron chi connectivity index (χ0n) is 19.0. The lowest BCUT2D eigenvalue weighted by Gasteiger charge is -2.26. The number of aliphatic hydroxyl groups excluding tert-OH is 1. The number of aryl methyl sites for hydroxylation is 1. The number of alkyl halides is 3. The van der Waals surface area contributed by atoms with Crippen molar-refractivity contribution in [1.29, 1.82) is 0 Å². The van der Waals surface area contributed by atoms with Gasteiger partial charge < -0.3 is 14.7 Å². The number of methoxy groups -OCH3 is 1. The minimum atomic E-state index is -4.55. The number of nitrogens with zero attached hydrogens (tertiary/aromatic N) is 1. The van der Waals surface area contributed by atoms with Crippen LogP contribution in [-0.4, -0.2) is 28.8 Å². The highest BCUT2D eigenvalue weighted by atomic mass is 19.4. The molecule has 0 spiro atoms. The van der Waals surface area contributed by atoms with Crippen LogP contribution in [0.25, 0.3) is 5.76 Å². The number of aliphatic hydroxyl groups is 1. The van der Waals surface area contributed by atoms with Gasteiger partial charge in [0.1, 0.15) is 11.5 Å². The van der Waals surface area contributed by atoms with Crippen LogP contribution < -0.4 is 4.74 Å². The molecular weight excluding hydrogens is 459 g/mol. The van der Waals surface area contributed by atoms with Gasteiger partial charge >= 0.3 is 6.18 Å². The fourth-order valence-electron chi connectivity index (χ4n) is 4.09. The summed E-state index contributed by atoms with van der Waals surface area (Å²) >= 11 is 0. The number of hydrogen-bond donors (Lipinski definition) is 1. The van der Waals surface area contributed by atoms with Crippen molar-refractivity contribution in [3.63, 3.8) is 0 Å². The predicted molar refractivity (Wildman–Crippen MR) is 123 cm³/mol. The van der Waals surface area contributed by atoms with Gasteiger partial charge in [-0.05, 0) is 42.3 Å². The smallest absolute Gasteiger partial charge is 0.416 e. The molecule has 1 heterocycles. The molecule has 1 aliphatic heterocycles. The van der Waals surface area contributed by atoms with Gasteiger partial charge in [0, 0.05) is 12.1 Å². The highest BCUT2D eigenvalue weighted by Gasteiger charge is 2.46. The molecule has 8 heteroatoms. The van der Waals surface area contributed by atoms with Crippen LogP contribution in [0.4, 0.5) is 13.2 Å². The largest absolute Gasteiger partial charge is 0.507 e. The Morgan fingerprint density at radius 1 is 1.00 bits per heavy atom. The average Bonchev–Trinajstić information content (AvgIpc) is 3.08. The van der Waals surface area contributed by atoms with Crippen LogP contribution in [0.1, 0.15) is 33.9 Å². The quantitative estimate of drug-likeness (QED) is 0.291. The van der Waals surface area contributed by atoms with Crippen molar-refractivity contribution >= 4 is 17.4 Å². The van der Waals surface area contributed by atoms with Gasteiger partial charge in [-0.25, -0.2) is 0 Å². The van der Waals surface area contributed by atoms with E-state index in [0.717, 1.165) is 17.7 Å².